The Hall–Kier alpha value is -4.38. The third-order valence-electron chi connectivity index (χ3n) is 6.73. The van der Waals surface area contributed by atoms with Crippen LogP contribution >= 0.6 is 23.5 Å². The molecule has 0 aliphatic heterocycles. The van der Waals surface area contributed by atoms with E-state index in [-0.39, 0.29) is 34.1 Å². The predicted octanol–water partition coefficient (Wildman–Crippen LogP) is 3.49. The van der Waals surface area contributed by atoms with Crippen LogP contribution in [-0.2, 0) is 10.8 Å². The maximum Gasteiger partial charge on any atom is 0.274 e. The summed E-state index contributed by atoms with van der Waals surface area (Å²) in [5.41, 5.74) is 37.6. The highest BCUT2D eigenvalue weighted by Crippen LogP contribution is 2.42. The molecule has 0 atom stereocenters. The third-order valence-corrected chi connectivity index (χ3v) is 9.04. The second kappa shape index (κ2) is 16.1. The normalized spacial score (nSPS) is 11.5. The Balaban J connectivity index is 2.04. The summed E-state index contributed by atoms with van der Waals surface area (Å²) in [6, 6.07) is 8.82. The zero-order valence-corrected chi connectivity index (χ0v) is 29.8. The van der Waals surface area contributed by atoms with Crippen LogP contribution in [0.3, 0.4) is 0 Å². The number of carbonyl (C=O) groups is 2. The fourth-order valence-corrected chi connectivity index (χ4v) is 6.01. The van der Waals surface area contributed by atoms with E-state index in [2.05, 4.69) is 30.6 Å². The van der Waals surface area contributed by atoms with Gasteiger partial charge in [0.25, 0.3) is 11.8 Å². The molecule has 2 amide bonds. The number of anilines is 2. The standard InChI is InChI=1S/C32H46N12O2S2/c1-31(2,3)17-11-19(25(47-9-7-33)21(13-17)43-29(35)36)41-27(45)23-15-24(40-16-39-23)28(46)42-20-12-18(32(4,5)6)14-22(44-30(37)38)26(20)48-10-8-34/h11-16H,7-10,33-34H2,1-6H3,(H,41,45)(H,42,46)(H4,35,36,43)(H4,37,38,44). The number of rotatable bonds is 12. The molecule has 0 aliphatic carbocycles. The Morgan fingerprint density at radius 1 is 0.667 bits per heavy atom. The van der Waals surface area contributed by atoms with Crippen LogP contribution in [0, 0.1) is 0 Å². The minimum Gasteiger partial charge on any atom is -0.370 e. The summed E-state index contributed by atoms with van der Waals surface area (Å²) in [5.74, 6) is -0.270. The molecular formula is C32H46N12O2S2. The summed E-state index contributed by atoms with van der Waals surface area (Å²) >= 11 is 2.81. The Morgan fingerprint density at radius 3 is 1.35 bits per heavy atom. The van der Waals surface area contributed by atoms with Gasteiger partial charge in [0.2, 0.25) is 0 Å². The Bertz CT molecular complexity index is 1580. The van der Waals surface area contributed by atoms with Gasteiger partial charge in [0.1, 0.15) is 17.7 Å². The van der Waals surface area contributed by atoms with E-state index >= 15 is 0 Å². The lowest BCUT2D eigenvalue weighted by Crippen LogP contribution is -2.22. The molecule has 0 radical (unpaired) electrons. The number of hydrogen-bond donors (Lipinski definition) is 8. The number of benzene rings is 2. The number of amides is 2. The third kappa shape index (κ3) is 10.3. The van der Waals surface area contributed by atoms with Crippen molar-refractivity contribution in [1.29, 1.82) is 0 Å². The van der Waals surface area contributed by atoms with Crippen LogP contribution in [0.15, 0.2) is 56.4 Å². The van der Waals surface area contributed by atoms with Crippen LogP contribution in [0.1, 0.15) is 73.6 Å². The van der Waals surface area contributed by atoms with Crippen molar-refractivity contribution in [2.24, 2.45) is 44.4 Å². The quantitative estimate of drug-likeness (QED) is 0.0769. The molecule has 0 saturated carbocycles. The second-order valence-electron chi connectivity index (χ2n) is 12.8. The van der Waals surface area contributed by atoms with Crippen LogP contribution in [0.25, 0.3) is 0 Å². The topological polar surface area (TPSA) is 265 Å². The fourth-order valence-electron chi connectivity index (χ4n) is 4.33. The first kappa shape index (κ1) is 38.1. The number of nitrogens with one attached hydrogen (secondary N) is 2. The van der Waals surface area contributed by atoms with Gasteiger partial charge in [-0.15, -0.1) is 23.5 Å². The molecule has 0 fully saturated rings. The number of aromatic nitrogens is 2. The molecule has 3 rings (SSSR count). The molecule has 16 heteroatoms. The van der Waals surface area contributed by atoms with Gasteiger partial charge in [0.15, 0.2) is 11.9 Å². The van der Waals surface area contributed by atoms with Gasteiger partial charge in [0, 0.05) is 30.7 Å². The first-order chi connectivity index (χ1) is 22.4. The SMILES string of the molecule is CC(C)(C)c1cc(N=C(N)N)c(SCCN)c(NC(=O)c2cc(C(=O)Nc3cc(C(C)(C)C)cc(N=C(N)N)c3SCCN)ncn2)c1. The number of guanidine groups is 2. The van der Waals surface area contributed by atoms with E-state index in [1.165, 1.54) is 29.6 Å². The van der Waals surface area contributed by atoms with E-state index in [0.29, 0.717) is 57.1 Å². The van der Waals surface area contributed by atoms with Crippen molar-refractivity contribution in [1.82, 2.24) is 9.97 Å². The van der Waals surface area contributed by atoms with Gasteiger partial charge in [-0.2, -0.15) is 0 Å². The molecule has 0 saturated heterocycles. The number of aliphatic imine (C=N–C) groups is 2. The summed E-state index contributed by atoms with van der Waals surface area (Å²) < 4.78 is 0. The number of hydrogen-bond acceptors (Lipinski definition) is 10. The highest BCUT2D eigenvalue weighted by atomic mass is 32.2. The highest BCUT2D eigenvalue weighted by Gasteiger charge is 2.24. The van der Waals surface area contributed by atoms with Gasteiger partial charge in [-0.05, 0) is 46.2 Å². The second-order valence-corrected chi connectivity index (χ2v) is 15.0. The van der Waals surface area contributed by atoms with E-state index in [1.807, 2.05) is 65.8 Å². The summed E-state index contributed by atoms with van der Waals surface area (Å²) in [5, 5.41) is 5.87. The molecule has 48 heavy (non-hydrogen) atoms. The van der Waals surface area contributed by atoms with Gasteiger partial charge in [-0.3, -0.25) is 9.59 Å². The molecule has 1 aromatic heterocycles. The van der Waals surface area contributed by atoms with Crippen LogP contribution in [-0.4, -0.2) is 58.3 Å². The molecule has 14 N–H and O–H groups in total. The van der Waals surface area contributed by atoms with Gasteiger partial charge < -0.3 is 45.0 Å². The molecule has 0 aliphatic rings. The first-order valence-corrected chi connectivity index (χ1v) is 17.1. The van der Waals surface area contributed by atoms with E-state index in [9.17, 15) is 9.59 Å². The zero-order chi connectivity index (χ0) is 35.8. The number of nitrogens with zero attached hydrogens (tertiary/aromatic N) is 4. The smallest absolute Gasteiger partial charge is 0.274 e. The predicted molar refractivity (Wildman–Crippen MR) is 199 cm³/mol. The van der Waals surface area contributed by atoms with Gasteiger partial charge in [0.05, 0.1) is 32.5 Å². The van der Waals surface area contributed by atoms with Crippen molar-refractivity contribution in [3.8, 4) is 0 Å². The average Bonchev–Trinajstić information content (AvgIpc) is 2.98. The Labute approximate surface area is 289 Å². The van der Waals surface area contributed by atoms with Crippen molar-refractivity contribution in [3.63, 3.8) is 0 Å². The van der Waals surface area contributed by atoms with Crippen molar-refractivity contribution < 1.29 is 9.59 Å². The van der Waals surface area contributed by atoms with Gasteiger partial charge in [-0.25, -0.2) is 20.0 Å². The monoisotopic (exact) mass is 694 g/mol. The molecule has 0 bridgehead atoms. The largest absolute Gasteiger partial charge is 0.370 e. The van der Waals surface area contributed by atoms with Crippen LogP contribution < -0.4 is 45.0 Å². The van der Waals surface area contributed by atoms with Gasteiger partial charge in [-0.1, -0.05) is 41.5 Å². The van der Waals surface area contributed by atoms with E-state index in [1.54, 1.807) is 0 Å². The summed E-state index contributed by atoms with van der Waals surface area (Å²) in [7, 11) is 0. The molecule has 14 nitrogen and oxygen atoms in total. The summed E-state index contributed by atoms with van der Waals surface area (Å²) in [6.07, 6.45) is 1.16. The minimum atomic E-state index is -0.563. The number of thioether (sulfide) groups is 2. The van der Waals surface area contributed by atoms with E-state index < -0.39 is 11.8 Å². The van der Waals surface area contributed by atoms with Crippen LogP contribution in [0.4, 0.5) is 22.7 Å². The zero-order valence-electron chi connectivity index (χ0n) is 28.2. The van der Waals surface area contributed by atoms with Crippen LogP contribution in [0.2, 0.25) is 0 Å². The van der Waals surface area contributed by atoms with E-state index in [0.717, 1.165) is 17.5 Å². The van der Waals surface area contributed by atoms with Crippen molar-refractivity contribution in [3.05, 3.63) is 59.2 Å². The maximum absolute atomic E-state index is 13.6. The summed E-state index contributed by atoms with van der Waals surface area (Å²) in [6.45, 7) is 13.0. The minimum absolute atomic E-state index is 0.0307. The lowest BCUT2D eigenvalue weighted by molar-refractivity contribution is 0.102. The molecule has 3 aromatic rings. The summed E-state index contributed by atoms with van der Waals surface area (Å²) in [4.78, 5) is 45.5. The lowest BCUT2D eigenvalue weighted by atomic mass is 9.86. The molecule has 2 aromatic carbocycles. The van der Waals surface area contributed by atoms with E-state index in [4.69, 9.17) is 34.4 Å². The van der Waals surface area contributed by atoms with Crippen LogP contribution in [0.5, 0.6) is 0 Å². The van der Waals surface area contributed by atoms with Gasteiger partial charge >= 0.3 is 0 Å². The van der Waals surface area contributed by atoms with Crippen molar-refractivity contribution in [2.45, 2.75) is 62.2 Å². The average molecular weight is 695 g/mol. The van der Waals surface area contributed by atoms with Crippen molar-refractivity contribution in [2.75, 3.05) is 35.2 Å². The molecule has 0 spiro atoms. The fraction of sp³-hybridized carbons (Fsp3) is 0.375. The lowest BCUT2D eigenvalue weighted by Gasteiger charge is -2.23. The number of carbonyl (C=O) groups excluding carboxylic acids is 2. The molecule has 1 heterocycles. The number of nitrogens with two attached hydrogens (primary N) is 6. The van der Waals surface area contributed by atoms with Crippen molar-refractivity contribution >= 4 is 70.0 Å². The molecular weight excluding hydrogens is 649 g/mol. The Kier molecular flexibility index (Phi) is 12.8. The Morgan fingerprint density at radius 2 is 1.04 bits per heavy atom. The maximum atomic E-state index is 13.6. The highest BCUT2D eigenvalue weighted by molar-refractivity contribution is 7.99. The molecule has 258 valence electrons. The molecule has 0 unspecified atom stereocenters. The first-order valence-electron chi connectivity index (χ1n) is 15.1.